The summed E-state index contributed by atoms with van der Waals surface area (Å²) in [7, 11) is 3.08. The zero-order chi connectivity index (χ0) is 13.1. The maximum atomic E-state index is 11.6. The van der Waals surface area contributed by atoms with E-state index in [1.165, 1.54) is 31.4 Å². The summed E-state index contributed by atoms with van der Waals surface area (Å²) in [6.45, 7) is 1.75. The van der Waals surface area contributed by atoms with Crippen molar-refractivity contribution in [1.29, 1.82) is 0 Å². The summed E-state index contributed by atoms with van der Waals surface area (Å²) in [5, 5.41) is 5.10. The van der Waals surface area contributed by atoms with Gasteiger partial charge in [-0.2, -0.15) is 5.10 Å². The Bertz CT molecular complexity index is 583. The van der Waals surface area contributed by atoms with E-state index in [4.69, 9.17) is 4.74 Å². The molecule has 0 radical (unpaired) electrons. The smallest absolute Gasteiger partial charge is 0.342 e. The van der Waals surface area contributed by atoms with Gasteiger partial charge in [-0.05, 0) is 18.7 Å². The third kappa shape index (κ3) is 2.48. The van der Waals surface area contributed by atoms with Crippen molar-refractivity contribution in [3.8, 4) is 0 Å². The molecule has 0 unspecified atom stereocenters. The number of carbonyl (C=O) groups excluding carboxylic acids is 1. The molecule has 18 heavy (non-hydrogen) atoms. The normalized spacial score (nSPS) is 10.4. The lowest BCUT2D eigenvalue weighted by Crippen LogP contribution is -2.07. The molecule has 0 aliphatic rings. The second kappa shape index (κ2) is 5.13. The van der Waals surface area contributed by atoms with E-state index in [1.54, 1.807) is 18.7 Å². The molecule has 0 N–H and O–H groups in total. The summed E-state index contributed by atoms with van der Waals surface area (Å²) in [4.78, 5) is 23.9. The molecule has 2 rings (SSSR count). The Morgan fingerprint density at radius 2 is 2.22 bits per heavy atom. The van der Waals surface area contributed by atoms with Crippen molar-refractivity contribution >= 4 is 17.7 Å². The highest BCUT2D eigenvalue weighted by Crippen LogP contribution is 2.26. The zero-order valence-electron chi connectivity index (χ0n) is 10.1. The number of carbonyl (C=O) groups is 1. The fourth-order valence-corrected chi connectivity index (χ4v) is 2.12. The average Bonchev–Trinajstić information content (AvgIpc) is 2.74. The Morgan fingerprint density at radius 1 is 1.44 bits per heavy atom. The first-order valence-corrected chi connectivity index (χ1v) is 5.87. The quantitative estimate of drug-likeness (QED) is 0.601. The Kier molecular flexibility index (Phi) is 3.56. The number of esters is 1. The minimum atomic E-state index is -0.473. The predicted octanol–water partition coefficient (Wildman–Crippen LogP) is 0.851. The van der Waals surface area contributed by atoms with Crippen LogP contribution in [0.4, 0.5) is 0 Å². The Balaban J connectivity index is 2.39. The van der Waals surface area contributed by atoms with Gasteiger partial charge in [-0.15, -0.1) is 0 Å². The largest absolute Gasteiger partial charge is 0.465 e. The van der Waals surface area contributed by atoms with Crippen LogP contribution in [0.3, 0.4) is 0 Å². The molecule has 0 bridgehead atoms. The minimum Gasteiger partial charge on any atom is -0.465 e. The lowest BCUT2D eigenvalue weighted by Gasteiger charge is -2.06. The van der Waals surface area contributed by atoms with Crippen molar-refractivity contribution in [2.24, 2.45) is 7.05 Å². The van der Waals surface area contributed by atoms with Crippen LogP contribution in [0.1, 0.15) is 16.2 Å². The second-order valence-corrected chi connectivity index (χ2v) is 4.35. The van der Waals surface area contributed by atoms with E-state index >= 15 is 0 Å². The SMILES string of the molecule is COC(=O)c1cnc(C)nc1Sc1ncnn1C. The molecule has 0 spiro atoms. The average molecular weight is 265 g/mol. The van der Waals surface area contributed by atoms with E-state index in [9.17, 15) is 4.79 Å². The van der Waals surface area contributed by atoms with Gasteiger partial charge in [-0.3, -0.25) is 0 Å². The summed E-state index contributed by atoms with van der Waals surface area (Å²) >= 11 is 1.24. The van der Waals surface area contributed by atoms with Gasteiger partial charge in [-0.25, -0.2) is 24.4 Å². The van der Waals surface area contributed by atoms with Crippen LogP contribution >= 0.6 is 11.8 Å². The van der Waals surface area contributed by atoms with Crippen molar-refractivity contribution < 1.29 is 9.53 Å². The highest BCUT2D eigenvalue weighted by molar-refractivity contribution is 7.99. The summed E-state index contributed by atoms with van der Waals surface area (Å²) < 4.78 is 6.29. The number of ether oxygens (including phenoxy) is 1. The maximum Gasteiger partial charge on any atom is 0.342 e. The van der Waals surface area contributed by atoms with Crippen molar-refractivity contribution in [2.75, 3.05) is 7.11 Å². The summed E-state index contributed by atoms with van der Waals surface area (Å²) in [5.41, 5.74) is 0.316. The summed E-state index contributed by atoms with van der Waals surface area (Å²) in [6.07, 6.45) is 2.89. The van der Waals surface area contributed by atoms with Gasteiger partial charge in [0.05, 0.1) is 7.11 Å². The molecule has 0 saturated heterocycles. The molecule has 0 fully saturated rings. The molecule has 0 aliphatic heterocycles. The van der Waals surface area contributed by atoms with E-state index in [2.05, 4.69) is 20.1 Å². The molecule has 2 aromatic rings. The van der Waals surface area contributed by atoms with Crippen LogP contribution in [0.5, 0.6) is 0 Å². The van der Waals surface area contributed by atoms with Crippen LogP contribution in [-0.2, 0) is 11.8 Å². The number of aryl methyl sites for hydroxylation is 2. The van der Waals surface area contributed by atoms with Crippen molar-refractivity contribution in [1.82, 2.24) is 24.7 Å². The van der Waals surface area contributed by atoms with E-state index < -0.39 is 5.97 Å². The number of hydrogen-bond donors (Lipinski definition) is 0. The molecule has 7 nitrogen and oxygen atoms in total. The fraction of sp³-hybridized carbons (Fsp3) is 0.300. The third-order valence-electron chi connectivity index (χ3n) is 2.14. The van der Waals surface area contributed by atoms with E-state index in [-0.39, 0.29) is 0 Å². The van der Waals surface area contributed by atoms with E-state index in [0.29, 0.717) is 21.6 Å². The van der Waals surface area contributed by atoms with Gasteiger partial charge in [-0.1, -0.05) is 0 Å². The first kappa shape index (κ1) is 12.5. The van der Waals surface area contributed by atoms with Gasteiger partial charge in [0.2, 0.25) is 0 Å². The van der Waals surface area contributed by atoms with Crippen molar-refractivity contribution in [3.63, 3.8) is 0 Å². The van der Waals surface area contributed by atoms with Gasteiger partial charge in [0.1, 0.15) is 22.7 Å². The van der Waals surface area contributed by atoms with Crippen LogP contribution in [0, 0.1) is 6.92 Å². The monoisotopic (exact) mass is 265 g/mol. The first-order valence-electron chi connectivity index (χ1n) is 5.05. The molecule has 2 aromatic heterocycles. The standard InChI is InChI=1S/C10H11N5O2S/c1-6-11-4-7(9(16)17-3)8(14-6)18-10-12-5-13-15(10)2/h4-5H,1-3H3. The topological polar surface area (TPSA) is 82.8 Å². The molecule has 8 heteroatoms. The van der Waals surface area contributed by atoms with Crippen LogP contribution in [-0.4, -0.2) is 37.8 Å². The summed E-state index contributed by atoms with van der Waals surface area (Å²) in [6, 6.07) is 0. The van der Waals surface area contributed by atoms with Crippen LogP contribution < -0.4 is 0 Å². The molecule has 0 atom stereocenters. The molecule has 2 heterocycles. The molecule has 94 valence electrons. The highest BCUT2D eigenvalue weighted by Gasteiger charge is 2.17. The molecule has 0 saturated carbocycles. The number of aromatic nitrogens is 5. The van der Waals surface area contributed by atoms with E-state index in [1.807, 2.05) is 0 Å². The van der Waals surface area contributed by atoms with Gasteiger partial charge in [0.25, 0.3) is 0 Å². The number of rotatable bonds is 3. The van der Waals surface area contributed by atoms with Crippen molar-refractivity contribution in [2.45, 2.75) is 17.1 Å². The first-order chi connectivity index (χ1) is 8.61. The lowest BCUT2D eigenvalue weighted by molar-refractivity contribution is 0.0595. The lowest BCUT2D eigenvalue weighted by atomic mass is 10.3. The molecular weight excluding hydrogens is 254 g/mol. The maximum absolute atomic E-state index is 11.6. The molecule has 0 amide bonds. The summed E-state index contributed by atoms with van der Waals surface area (Å²) in [5.74, 6) is 0.104. The molecule has 0 aromatic carbocycles. The van der Waals surface area contributed by atoms with E-state index in [0.717, 1.165) is 0 Å². The Hall–Kier alpha value is -1.96. The van der Waals surface area contributed by atoms with Crippen LogP contribution in [0.15, 0.2) is 22.7 Å². The minimum absolute atomic E-state index is 0.316. The number of methoxy groups -OCH3 is 1. The van der Waals surface area contributed by atoms with Crippen LogP contribution in [0.2, 0.25) is 0 Å². The van der Waals surface area contributed by atoms with Crippen LogP contribution in [0.25, 0.3) is 0 Å². The highest BCUT2D eigenvalue weighted by atomic mass is 32.2. The van der Waals surface area contributed by atoms with Crippen molar-refractivity contribution in [3.05, 3.63) is 23.9 Å². The predicted molar refractivity (Wildman–Crippen MR) is 63.2 cm³/mol. The number of hydrogen-bond acceptors (Lipinski definition) is 7. The molecular formula is C10H11N5O2S. The Labute approximate surface area is 108 Å². The third-order valence-corrected chi connectivity index (χ3v) is 3.19. The number of nitrogens with zero attached hydrogens (tertiary/aromatic N) is 5. The van der Waals surface area contributed by atoms with Gasteiger partial charge < -0.3 is 4.74 Å². The zero-order valence-corrected chi connectivity index (χ0v) is 10.9. The van der Waals surface area contributed by atoms with Gasteiger partial charge in [0, 0.05) is 13.2 Å². The molecule has 0 aliphatic carbocycles. The van der Waals surface area contributed by atoms with Gasteiger partial charge in [0.15, 0.2) is 5.16 Å². The fourth-order valence-electron chi connectivity index (χ4n) is 1.24. The Morgan fingerprint density at radius 3 is 2.83 bits per heavy atom. The second-order valence-electron chi connectivity index (χ2n) is 3.40. The van der Waals surface area contributed by atoms with Gasteiger partial charge >= 0.3 is 5.97 Å².